The first-order chi connectivity index (χ1) is 10.3. The first kappa shape index (κ1) is 17.0. The second-order valence-electron chi connectivity index (χ2n) is 6.61. The summed E-state index contributed by atoms with van der Waals surface area (Å²) in [5.41, 5.74) is 10.5. The lowest BCUT2D eigenvalue weighted by molar-refractivity contribution is 0.296. The van der Waals surface area contributed by atoms with Crippen molar-refractivity contribution in [3.63, 3.8) is 0 Å². The fourth-order valence-electron chi connectivity index (χ4n) is 2.41. The Kier molecular flexibility index (Phi) is 5.30. The van der Waals surface area contributed by atoms with Gasteiger partial charge in [-0.1, -0.05) is 61.0 Å². The van der Waals surface area contributed by atoms with Crippen LogP contribution >= 0.6 is 15.9 Å². The Hall–Kier alpha value is -1.32. The van der Waals surface area contributed by atoms with Gasteiger partial charge in [-0.05, 0) is 41.2 Å². The van der Waals surface area contributed by atoms with Crippen LogP contribution in [-0.4, -0.2) is 0 Å². The third kappa shape index (κ3) is 3.90. The second-order valence-corrected chi connectivity index (χ2v) is 7.46. The second kappa shape index (κ2) is 6.84. The fourth-order valence-corrected chi connectivity index (χ4v) is 2.76. The maximum absolute atomic E-state index is 6.15. The predicted molar refractivity (Wildman–Crippen MR) is 96.2 cm³/mol. The molecule has 0 fully saturated rings. The quantitative estimate of drug-likeness (QED) is 0.822. The summed E-state index contributed by atoms with van der Waals surface area (Å²) in [4.78, 5) is 0. The standard InChI is InChI=1S/C19H24BrNO/c1-13-9-18(16(10-17(13)20)19(2,3)4)22-12-15-8-6-5-7-14(15)11-21/h5-10H,11-12,21H2,1-4H3. The Morgan fingerprint density at radius 1 is 1.09 bits per heavy atom. The van der Waals surface area contributed by atoms with E-state index in [9.17, 15) is 0 Å². The van der Waals surface area contributed by atoms with Crippen LogP contribution in [-0.2, 0) is 18.6 Å². The number of benzene rings is 2. The van der Waals surface area contributed by atoms with Crippen molar-refractivity contribution < 1.29 is 4.74 Å². The lowest BCUT2D eigenvalue weighted by atomic mass is 9.86. The van der Waals surface area contributed by atoms with Gasteiger partial charge in [0, 0.05) is 16.6 Å². The molecule has 0 heterocycles. The van der Waals surface area contributed by atoms with Gasteiger partial charge in [0.05, 0.1) is 0 Å². The zero-order valence-corrected chi connectivity index (χ0v) is 15.3. The third-order valence-electron chi connectivity index (χ3n) is 3.79. The minimum absolute atomic E-state index is 0.0267. The maximum Gasteiger partial charge on any atom is 0.123 e. The molecule has 2 N–H and O–H groups in total. The normalized spacial score (nSPS) is 11.5. The molecule has 118 valence electrons. The van der Waals surface area contributed by atoms with E-state index < -0.39 is 0 Å². The molecule has 22 heavy (non-hydrogen) atoms. The van der Waals surface area contributed by atoms with Crippen LogP contribution in [0.5, 0.6) is 5.75 Å². The molecule has 0 saturated carbocycles. The summed E-state index contributed by atoms with van der Waals surface area (Å²) < 4.78 is 7.27. The first-order valence-corrected chi connectivity index (χ1v) is 8.32. The SMILES string of the molecule is Cc1cc(OCc2ccccc2CN)c(C(C)(C)C)cc1Br. The predicted octanol–water partition coefficient (Wildman–Crippen LogP) is 5.09. The molecule has 0 aromatic heterocycles. The monoisotopic (exact) mass is 361 g/mol. The molecular formula is C19H24BrNO. The van der Waals surface area contributed by atoms with Crippen LogP contribution < -0.4 is 10.5 Å². The number of hydrogen-bond acceptors (Lipinski definition) is 2. The maximum atomic E-state index is 6.15. The Balaban J connectivity index is 2.31. The van der Waals surface area contributed by atoms with Crippen LogP contribution in [0.15, 0.2) is 40.9 Å². The molecule has 0 amide bonds. The Morgan fingerprint density at radius 3 is 2.32 bits per heavy atom. The van der Waals surface area contributed by atoms with Crippen molar-refractivity contribution in [3.8, 4) is 5.75 Å². The minimum atomic E-state index is 0.0267. The van der Waals surface area contributed by atoms with Gasteiger partial charge >= 0.3 is 0 Å². The van der Waals surface area contributed by atoms with Crippen molar-refractivity contribution in [1.82, 2.24) is 0 Å². The molecule has 0 bridgehead atoms. The molecule has 2 rings (SSSR count). The topological polar surface area (TPSA) is 35.2 Å². The molecule has 0 radical (unpaired) electrons. The van der Waals surface area contributed by atoms with Crippen LogP contribution in [0.3, 0.4) is 0 Å². The van der Waals surface area contributed by atoms with E-state index >= 15 is 0 Å². The van der Waals surface area contributed by atoms with E-state index in [1.165, 1.54) is 11.1 Å². The van der Waals surface area contributed by atoms with Crippen molar-refractivity contribution in [2.24, 2.45) is 5.73 Å². The largest absolute Gasteiger partial charge is 0.489 e. The van der Waals surface area contributed by atoms with Crippen molar-refractivity contribution in [3.05, 3.63) is 63.1 Å². The highest BCUT2D eigenvalue weighted by Gasteiger charge is 2.20. The van der Waals surface area contributed by atoms with Crippen LogP contribution in [0.25, 0.3) is 0 Å². The zero-order valence-electron chi connectivity index (χ0n) is 13.7. The van der Waals surface area contributed by atoms with Crippen LogP contribution in [0, 0.1) is 6.92 Å². The van der Waals surface area contributed by atoms with Gasteiger partial charge in [0.2, 0.25) is 0 Å². The summed E-state index contributed by atoms with van der Waals surface area (Å²) >= 11 is 3.62. The van der Waals surface area contributed by atoms with Gasteiger partial charge in [0.1, 0.15) is 12.4 Å². The smallest absolute Gasteiger partial charge is 0.123 e. The van der Waals surface area contributed by atoms with Gasteiger partial charge in [-0.25, -0.2) is 0 Å². The highest BCUT2D eigenvalue weighted by molar-refractivity contribution is 9.10. The van der Waals surface area contributed by atoms with E-state index in [0.29, 0.717) is 13.2 Å². The molecule has 0 spiro atoms. The van der Waals surface area contributed by atoms with Gasteiger partial charge in [-0.2, -0.15) is 0 Å². The number of aryl methyl sites for hydroxylation is 1. The summed E-state index contributed by atoms with van der Waals surface area (Å²) in [5.74, 6) is 0.944. The summed E-state index contributed by atoms with van der Waals surface area (Å²) in [6.45, 7) is 9.75. The van der Waals surface area contributed by atoms with E-state index in [1.54, 1.807) is 0 Å². The summed E-state index contributed by atoms with van der Waals surface area (Å²) in [5, 5.41) is 0. The zero-order chi connectivity index (χ0) is 16.3. The van der Waals surface area contributed by atoms with Crippen LogP contribution in [0.2, 0.25) is 0 Å². The minimum Gasteiger partial charge on any atom is -0.489 e. The first-order valence-electron chi connectivity index (χ1n) is 7.53. The summed E-state index contributed by atoms with van der Waals surface area (Å²) in [6, 6.07) is 12.4. The molecule has 0 unspecified atom stereocenters. The number of rotatable bonds is 4. The van der Waals surface area contributed by atoms with Crippen LogP contribution in [0.1, 0.15) is 43.0 Å². The van der Waals surface area contributed by atoms with Gasteiger partial charge in [0.15, 0.2) is 0 Å². The lowest BCUT2D eigenvalue weighted by Crippen LogP contribution is -2.14. The molecule has 0 aliphatic heterocycles. The average Bonchev–Trinajstić information content (AvgIpc) is 2.47. The summed E-state index contributed by atoms with van der Waals surface area (Å²) in [6.07, 6.45) is 0. The number of nitrogens with two attached hydrogens (primary N) is 1. The lowest BCUT2D eigenvalue weighted by Gasteiger charge is -2.24. The highest BCUT2D eigenvalue weighted by Crippen LogP contribution is 2.36. The number of ether oxygens (including phenoxy) is 1. The molecule has 0 aliphatic carbocycles. The van der Waals surface area contributed by atoms with E-state index in [2.05, 4.69) is 67.9 Å². The average molecular weight is 362 g/mol. The van der Waals surface area contributed by atoms with Crippen molar-refractivity contribution in [1.29, 1.82) is 0 Å². The molecule has 0 atom stereocenters. The van der Waals surface area contributed by atoms with Crippen molar-refractivity contribution in [2.75, 3.05) is 0 Å². The Morgan fingerprint density at radius 2 is 1.73 bits per heavy atom. The van der Waals surface area contributed by atoms with Crippen molar-refractivity contribution in [2.45, 2.75) is 46.3 Å². The van der Waals surface area contributed by atoms with E-state index in [0.717, 1.165) is 21.3 Å². The van der Waals surface area contributed by atoms with Gasteiger partial charge in [-0.15, -0.1) is 0 Å². The van der Waals surface area contributed by atoms with E-state index in [1.807, 2.05) is 12.1 Å². The van der Waals surface area contributed by atoms with Crippen LogP contribution in [0.4, 0.5) is 0 Å². The van der Waals surface area contributed by atoms with Gasteiger partial charge < -0.3 is 10.5 Å². The van der Waals surface area contributed by atoms with E-state index in [-0.39, 0.29) is 5.41 Å². The fraction of sp³-hybridized carbons (Fsp3) is 0.368. The number of hydrogen-bond donors (Lipinski definition) is 1. The third-order valence-corrected chi connectivity index (χ3v) is 4.64. The molecule has 0 saturated heterocycles. The molecule has 2 aromatic rings. The number of halogens is 1. The highest BCUT2D eigenvalue weighted by atomic mass is 79.9. The molecule has 2 nitrogen and oxygen atoms in total. The molecule has 3 heteroatoms. The summed E-state index contributed by atoms with van der Waals surface area (Å²) in [7, 11) is 0. The van der Waals surface area contributed by atoms with Gasteiger partial charge in [-0.3, -0.25) is 0 Å². The van der Waals surface area contributed by atoms with Crippen molar-refractivity contribution >= 4 is 15.9 Å². The Labute approximate surface area is 141 Å². The van der Waals surface area contributed by atoms with E-state index in [4.69, 9.17) is 10.5 Å². The Bertz CT molecular complexity index is 659. The molecule has 0 aliphatic rings. The van der Waals surface area contributed by atoms with Gasteiger partial charge in [0.25, 0.3) is 0 Å². The molecule has 2 aromatic carbocycles. The molecular weight excluding hydrogens is 338 g/mol.